The fourth-order valence-electron chi connectivity index (χ4n) is 1.28. The van der Waals surface area contributed by atoms with Crippen molar-refractivity contribution in [2.45, 2.75) is 18.7 Å². The van der Waals surface area contributed by atoms with E-state index in [9.17, 15) is 13.5 Å². The molecule has 6 heteroatoms. The summed E-state index contributed by atoms with van der Waals surface area (Å²) in [6.07, 6.45) is 0. The third-order valence-corrected chi connectivity index (χ3v) is 3.04. The predicted molar refractivity (Wildman–Crippen MR) is 51.8 cm³/mol. The monoisotopic (exact) mass is 217 g/mol. The molecule has 1 rings (SSSR count). The highest BCUT2D eigenvalue weighted by atomic mass is 32.2. The lowest BCUT2D eigenvalue weighted by molar-refractivity contribution is 0.442. The van der Waals surface area contributed by atoms with E-state index < -0.39 is 20.8 Å². The van der Waals surface area contributed by atoms with Gasteiger partial charge in [0.2, 0.25) is 0 Å². The summed E-state index contributed by atoms with van der Waals surface area (Å²) in [4.78, 5) is -0.527. The van der Waals surface area contributed by atoms with Crippen LogP contribution in [0.5, 0.6) is 5.75 Å². The van der Waals surface area contributed by atoms with Crippen LogP contribution in [0.2, 0.25) is 0 Å². The number of benzene rings is 1. The molecule has 0 amide bonds. The van der Waals surface area contributed by atoms with Gasteiger partial charge in [0.25, 0.3) is 10.1 Å². The Morgan fingerprint density at radius 3 is 2.29 bits per heavy atom. The van der Waals surface area contributed by atoms with Gasteiger partial charge in [-0.15, -0.1) is 0 Å². The lowest BCUT2D eigenvalue weighted by Crippen LogP contribution is -2.05. The average molecular weight is 217 g/mol. The molecule has 0 aliphatic carbocycles. The largest absolute Gasteiger partial charge is 0.506 e. The minimum absolute atomic E-state index is 0.157. The Bertz CT molecular complexity index is 479. The van der Waals surface area contributed by atoms with E-state index >= 15 is 0 Å². The second kappa shape index (κ2) is 3.14. The highest BCUT2D eigenvalue weighted by Gasteiger charge is 2.21. The van der Waals surface area contributed by atoms with Gasteiger partial charge in [-0.3, -0.25) is 4.55 Å². The number of hydrogen-bond donors (Lipinski definition) is 3. The number of anilines is 1. The van der Waals surface area contributed by atoms with E-state index in [0.29, 0.717) is 5.56 Å². The molecule has 78 valence electrons. The van der Waals surface area contributed by atoms with Crippen LogP contribution >= 0.6 is 0 Å². The Kier molecular flexibility index (Phi) is 2.43. The maximum Gasteiger partial charge on any atom is 0.298 e. The van der Waals surface area contributed by atoms with Crippen molar-refractivity contribution in [3.63, 3.8) is 0 Å². The number of phenols is 1. The Labute approximate surface area is 81.9 Å². The first-order chi connectivity index (χ1) is 6.25. The summed E-state index contributed by atoms with van der Waals surface area (Å²) in [5.74, 6) is -0.489. The zero-order chi connectivity index (χ0) is 11.1. The molecule has 0 bridgehead atoms. The summed E-state index contributed by atoms with van der Waals surface area (Å²) in [7, 11) is -4.43. The van der Waals surface area contributed by atoms with E-state index in [1.54, 1.807) is 6.92 Å². The van der Waals surface area contributed by atoms with Gasteiger partial charge >= 0.3 is 0 Å². The van der Waals surface area contributed by atoms with Crippen LogP contribution in [0.15, 0.2) is 11.0 Å². The standard InChI is InChI=1S/C8H11NO4S/c1-4-3-6(10)8(14(11,12)13)5(2)7(4)9/h3,10H,9H2,1-2H3,(H,11,12,13). The Hall–Kier alpha value is -1.27. The van der Waals surface area contributed by atoms with Crippen molar-refractivity contribution in [2.24, 2.45) is 0 Å². The third-order valence-electron chi connectivity index (χ3n) is 2.01. The molecule has 0 aliphatic heterocycles. The molecule has 0 heterocycles. The van der Waals surface area contributed by atoms with E-state index in [-0.39, 0.29) is 11.3 Å². The third kappa shape index (κ3) is 1.66. The SMILES string of the molecule is Cc1cc(O)c(S(=O)(=O)O)c(C)c1N. The summed E-state index contributed by atoms with van der Waals surface area (Å²) < 4.78 is 30.6. The molecule has 0 aromatic heterocycles. The van der Waals surface area contributed by atoms with Gasteiger partial charge in [0.15, 0.2) is 0 Å². The van der Waals surface area contributed by atoms with Crippen molar-refractivity contribution in [3.8, 4) is 5.75 Å². The van der Waals surface area contributed by atoms with Crippen LogP contribution in [0.4, 0.5) is 5.69 Å². The molecule has 0 aliphatic rings. The van der Waals surface area contributed by atoms with Crippen LogP contribution in [0.25, 0.3) is 0 Å². The highest BCUT2D eigenvalue weighted by molar-refractivity contribution is 7.86. The molecule has 4 N–H and O–H groups in total. The van der Waals surface area contributed by atoms with Gasteiger partial charge in [-0.05, 0) is 31.0 Å². The number of nitrogen functional groups attached to an aromatic ring is 1. The van der Waals surface area contributed by atoms with Gasteiger partial charge in [0.1, 0.15) is 10.6 Å². The average Bonchev–Trinajstić information content (AvgIpc) is 1.97. The highest BCUT2D eigenvalue weighted by Crippen LogP contribution is 2.32. The lowest BCUT2D eigenvalue weighted by atomic mass is 10.1. The number of nitrogens with two attached hydrogens (primary N) is 1. The molecule has 0 atom stereocenters. The smallest absolute Gasteiger partial charge is 0.298 e. The quantitative estimate of drug-likeness (QED) is 0.367. The van der Waals surface area contributed by atoms with E-state index in [2.05, 4.69) is 0 Å². The first-order valence-electron chi connectivity index (χ1n) is 3.81. The molecular weight excluding hydrogens is 206 g/mol. The van der Waals surface area contributed by atoms with Crippen LogP contribution in [-0.2, 0) is 10.1 Å². The maximum absolute atomic E-state index is 10.9. The molecule has 14 heavy (non-hydrogen) atoms. The van der Waals surface area contributed by atoms with E-state index in [1.165, 1.54) is 13.0 Å². The van der Waals surface area contributed by atoms with Gasteiger partial charge in [-0.2, -0.15) is 8.42 Å². The number of hydrogen-bond acceptors (Lipinski definition) is 4. The fourth-order valence-corrected chi connectivity index (χ4v) is 2.10. The van der Waals surface area contributed by atoms with Crippen molar-refractivity contribution in [1.82, 2.24) is 0 Å². The van der Waals surface area contributed by atoms with Gasteiger partial charge in [0.05, 0.1) is 0 Å². The van der Waals surface area contributed by atoms with Gasteiger partial charge < -0.3 is 10.8 Å². The van der Waals surface area contributed by atoms with E-state index in [4.69, 9.17) is 10.3 Å². The number of rotatable bonds is 1. The molecule has 0 unspecified atom stereocenters. The number of aromatic hydroxyl groups is 1. The Morgan fingerprint density at radius 2 is 1.86 bits per heavy atom. The summed E-state index contributed by atoms with van der Waals surface area (Å²) in [5.41, 5.74) is 6.53. The molecular formula is C8H11NO4S. The Morgan fingerprint density at radius 1 is 1.36 bits per heavy atom. The summed E-state index contributed by atoms with van der Waals surface area (Å²) in [5, 5.41) is 9.34. The molecule has 0 spiro atoms. The van der Waals surface area contributed by atoms with Crippen LogP contribution < -0.4 is 5.73 Å². The van der Waals surface area contributed by atoms with Crippen LogP contribution in [0, 0.1) is 13.8 Å². The minimum atomic E-state index is -4.43. The topological polar surface area (TPSA) is 101 Å². The van der Waals surface area contributed by atoms with Crippen molar-refractivity contribution in [3.05, 3.63) is 17.2 Å². The van der Waals surface area contributed by atoms with Gasteiger partial charge in [-0.1, -0.05) is 0 Å². The molecule has 5 nitrogen and oxygen atoms in total. The fraction of sp³-hybridized carbons (Fsp3) is 0.250. The first-order valence-corrected chi connectivity index (χ1v) is 5.25. The van der Waals surface area contributed by atoms with Crippen LogP contribution in [0.1, 0.15) is 11.1 Å². The molecule has 0 fully saturated rings. The molecule has 0 radical (unpaired) electrons. The molecule has 1 aromatic rings. The lowest BCUT2D eigenvalue weighted by Gasteiger charge is -2.10. The molecule has 0 saturated heterocycles. The van der Waals surface area contributed by atoms with Crippen molar-refractivity contribution < 1.29 is 18.1 Å². The van der Waals surface area contributed by atoms with E-state index in [1.807, 2.05) is 0 Å². The first kappa shape index (κ1) is 10.8. The Balaban J connectivity index is 3.70. The van der Waals surface area contributed by atoms with Crippen LogP contribution in [0.3, 0.4) is 0 Å². The zero-order valence-electron chi connectivity index (χ0n) is 7.77. The van der Waals surface area contributed by atoms with Crippen molar-refractivity contribution >= 4 is 15.8 Å². The van der Waals surface area contributed by atoms with Gasteiger partial charge in [0, 0.05) is 5.69 Å². The van der Waals surface area contributed by atoms with Crippen LogP contribution in [-0.4, -0.2) is 18.1 Å². The number of aryl methyl sites for hydroxylation is 1. The normalized spacial score (nSPS) is 11.6. The summed E-state index contributed by atoms with van der Waals surface area (Å²) in [6.45, 7) is 3.06. The second-order valence-corrected chi connectivity index (χ2v) is 4.41. The predicted octanol–water partition coefficient (Wildman–Crippen LogP) is 0.838. The summed E-state index contributed by atoms with van der Waals surface area (Å²) in [6, 6.07) is 1.20. The van der Waals surface area contributed by atoms with Crippen molar-refractivity contribution in [1.29, 1.82) is 0 Å². The zero-order valence-corrected chi connectivity index (χ0v) is 8.59. The van der Waals surface area contributed by atoms with Gasteiger partial charge in [-0.25, -0.2) is 0 Å². The summed E-state index contributed by atoms with van der Waals surface area (Å²) >= 11 is 0. The molecule has 0 saturated carbocycles. The minimum Gasteiger partial charge on any atom is -0.506 e. The molecule has 1 aromatic carbocycles. The second-order valence-electron chi connectivity index (χ2n) is 3.06. The number of phenolic OH excluding ortho intramolecular Hbond substituents is 1. The van der Waals surface area contributed by atoms with E-state index in [0.717, 1.165) is 0 Å². The maximum atomic E-state index is 10.9. The van der Waals surface area contributed by atoms with Crippen molar-refractivity contribution in [2.75, 3.05) is 5.73 Å².